The highest BCUT2D eigenvalue weighted by Crippen LogP contribution is 2.65. The molecule has 0 aromatic carbocycles. The quantitative estimate of drug-likeness (QED) is 0.617. The van der Waals surface area contributed by atoms with Crippen molar-refractivity contribution in [2.75, 3.05) is 0 Å². The Morgan fingerprint density at radius 1 is 0.923 bits per heavy atom. The van der Waals surface area contributed by atoms with Crippen LogP contribution < -0.4 is 0 Å². The average Bonchev–Trinajstić information content (AvgIpc) is 2.82. The number of carbonyl (C=O) groups excluding carboxylic acids is 2. The van der Waals surface area contributed by atoms with Crippen molar-refractivity contribution in [1.29, 1.82) is 0 Å². The van der Waals surface area contributed by atoms with Gasteiger partial charge < -0.3 is 0 Å². The molecule has 0 spiro atoms. The first-order valence-corrected chi connectivity index (χ1v) is 11.1. The largest absolute Gasteiger partial charge is 0.394 e. The fourth-order valence-electron chi connectivity index (χ4n) is 6.82. The molecule has 0 aliphatic heterocycles. The third kappa shape index (κ3) is 3.50. The minimum Gasteiger partial charge on any atom is -0.300 e. The summed E-state index contributed by atoms with van der Waals surface area (Å²) >= 11 is 0. The van der Waals surface area contributed by atoms with Gasteiger partial charge in [-0.2, -0.15) is 8.42 Å². The highest BCUT2D eigenvalue weighted by molar-refractivity contribution is 7.79. The Hall–Kier alpha value is -0.790. The number of ketones is 2. The second-order valence-electron chi connectivity index (χ2n) is 9.27. The summed E-state index contributed by atoms with van der Waals surface area (Å²) in [6, 6.07) is 0. The normalized spacial score (nSPS) is 45.1. The molecule has 4 rings (SSSR count). The van der Waals surface area contributed by atoms with Crippen molar-refractivity contribution in [1.82, 2.24) is 0 Å². The molecule has 4 fully saturated rings. The molecule has 0 bridgehead atoms. The first-order valence-electron chi connectivity index (χ1n) is 9.70. The van der Waals surface area contributed by atoms with E-state index in [4.69, 9.17) is 17.5 Å². The van der Waals surface area contributed by atoms with Crippen LogP contribution in [0.5, 0.6) is 0 Å². The van der Waals surface area contributed by atoms with Crippen LogP contribution in [0.15, 0.2) is 0 Å². The van der Waals surface area contributed by atoms with E-state index in [1.807, 2.05) is 0 Å². The van der Waals surface area contributed by atoms with E-state index in [1.165, 1.54) is 19.3 Å². The molecule has 4 aliphatic rings. The van der Waals surface area contributed by atoms with E-state index in [2.05, 4.69) is 13.8 Å². The van der Waals surface area contributed by atoms with Crippen molar-refractivity contribution in [2.24, 2.45) is 34.5 Å². The summed E-state index contributed by atoms with van der Waals surface area (Å²) < 4.78 is 31.6. The molecule has 0 aromatic heterocycles. The molecular formula is C19H30O6S. The van der Waals surface area contributed by atoms with Gasteiger partial charge in [0.15, 0.2) is 0 Å². The Bertz CT molecular complexity index is 693. The molecule has 0 saturated heterocycles. The minimum absolute atomic E-state index is 0.00511. The van der Waals surface area contributed by atoms with Crippen molar-refractivity contribution >= 4 is 22.0 Å². The van der Waals surface area contributed by atoms with E-state index >= 15 is 0 Å². The van der Waals surface area contributed by atoms with Crippen LogP contribution in [0.1, 0.15) is 71.6 Å². The number of hydrogen-bond acceptors (Lipinski definition) is 4. The molecule has 148 valence electrons. The van der Waals surface area contributed by atoms with Crippen LogP contribution in [-0.2, 0) is 20.0 Å². The summed E-state index contributed by atoms with van der Waals surface area (Å²) in [4.78, 5) is 24.2. The highest BCUT2D eigenvalue weighted by atomic mass is 32.3. The average molecular weight is 387 g/mol. The van der Waals surface area contributed by atoms with E-state index in [0.29, 0.717) is 28.8 Å². The smallest absolute Gasteiger partial charge is 0.300 e. The molecule has 26 heavy (non-hydrogen) atoms. The lowest BCUT2D eigenvalue weighted by Gasteiger charge is -2.59. The van der Waals surface area contributed by atoms with Crippen LogP contribution in [0, 0.1) is 34.5 Å². The molecule has 2 N–H and O–H groups in total. The lowest BCUT2D eigenvalue weighted by Crippen LogP contribution is -2.53. The lowest BCUT2D eigenvalue weighted by molar-refractivity contribution is -0.144. The van der Waals surface area contributed by atoms with E-state index in [0.717, 1.165) is 50.4 Å². The van der Waals surface area contributed by atoms with Gasteiger partial charge in [-0.15, -0.1) is 0 Å². The van der Waals surface area contributed by atoms with Gasteiger partial charge in [0.1, 0.15) is 11.6 Å². The van der Waals surface area contributed by atoms with Gasteiger partial charge in [0.2, 0.25) is 0 Å². The van der Waals surface area contributed by atoms with Crippen LogP contribution in [0.4, 0.5) is 0 Å². The summed E-state index contributed by atoms with van der Waals surface area (Å²) in [5.41, 5.74) is 0.374. The number of hydrogen-bond donors (Lipinski definition) is 2. The maximum absolute atomic E-state index is 12.4. The first kappa shape index (κ1) is 20.0. The maximum atomic E-state index is 12.4. The van der Waals surface area contributed by atoms with Gasteiger partial charge in [-0.1, -0.05) is 13.8 Å². The SMILES string of the molecule is C[C@]12CCC(=O)CC1CC[C@@H]1[C@@H]2CC[C@]2(C)C(=O)CC[C@@H]12.O=S(=O)(O)O. The van der Waals surface area contributed by atoms with Gasteiger partial charge in [0.05, 0.1) is 0 Å². The highest BCUT2D eigenvalue weighted by Gasteiger charge is 2.60. The number of fused-ring (bicyclic) bond motifs is 5. The molecule has 4 saturated carbocycles. The van der Waals surface area contributed by atoms with E-state index < -0.39 is 10.4 Å². The van der Waals surface area contributed by atoms with Crippen LogP contribution in [0.3, 0.4) is 0 Å². The Kier molecular flexibility index (Phi) is 5.12. The third-order valence-electron chi connectivity index (χ3n) is 8.19. The van der Waals surface area contributed by atoms with Crippen molar-refractivity contribution < 1.29 is 27.1 Å². The molecule has 0 amide bonds. The zero-order valence-corrected chi connectivity index (χ0v) is 16.4. The molecule has 7 heteroatoms. The molecule has 0 radical (unpaired) electrons. The first-order chi connectivity index (χ1) is 11.9. The summed E-state index contributed by atoms with van der Waals surface area (Å²) in [7, 11) is -4.67. The predicted octanol–water partition coefficient (Wildman–Crippen LogP) is 3.51. The fraction of sp³-hybridized carbons (Fsp3) is 0.895. The van der Waals surface area contributed by atoms with Gasteiger partial charge in [-0.05, 0) is 67.6 Å². The number of carbonyl (C=O) groups is 2. The predicted molar refractivity (Wildman–Crippen MR) is 95.9 cm³/mol. The Balaban J connectivity index is 0.000000349. The van der Waals surface area contributed by atoms with Crippen molar-refractivity contribution in [2.45, 2.75) is 71.6 Å². The van der Waals surface area contributed by atoms with Gasteiger partial charge in [0.25, 0.3) is 0 Å². The second kappa shape index (κ2) is 6.67. The molecule has 4 aliphatic carbocycles. The van der Waals surface area contributed by atoms with E-state index in [9.17, 15) is 9.59 Å². The van der Waals surface area contributed by atoms with Gasteiger partial charge in [0, 0.05) is 24.7 Å². The van der Waals surface area contributed by atoms with Crippen LogP contribution in [-0.4, -0.2) is 29.1 Å². The molecular weight excluding hydrogens is 356 g/mol. The maximum Gasteiger partial charge on any atom is 0.394 e. The Labute approximate surface area is 155 Å². The molecule has 0 heterocycles. The van der Waals surface area contributed by atoms with Crippen LogP contribution in [0.2, 0.25) is 0 Å². The topological polar surface area (TPSA) is 109 Å². The van der Waals surface area contributed by atoms with E-state index in [1.54, 1.807) is 0 Å². The van der Waals surface area contributed by atoms with Gasteiger partial charge in [-0.25, -0.2) is 0 Å². The van der Waals surface area contributed by atoms with Gasteiger partial charge >= 0.3 is 10.4 Å². The summed E-state index contributed by atoms with van der Waals surface area (Å²) in [5, 5.41) is 0. The van der Waals surface area contributed by atoms with Crippen molar-refractivity contribution in [3.8, 4) is 0 Å². The van der Waals surface area contributed by atoms with Gasteiger partial charge in [-0.3, -0.25) is 18.7 Å². The summed E-state index contributed by atoms with van der Waals surface area (Å²) in [5.74, 6) is 3.82. The zero-order chi connectivity index (χ0) is 19.3. The summed E-state index contributed by atoms with van der Waals surface area (Å²) in [6.07, 6.45) is 9.53. The number of rotatable bonds is 0. The van der Waals surface area contributed by atoms with Crippen molar-refractivity contribution in [3.05, 3.63) is 0 Å². The molecule has 0 aromatic rings. The zero-order valence-electron chi connectivity index (χ0n) is 15.6. The standard InChI is InChI=1S/C19H28O2.H2O4S/c1-18-9-7-13(20)11-12(18)3-4-14-15-5-6-17(21)19(15,2)10-8-16(14)18;1-5(2,3)4/h12,14-16H,3-11H2,1-2H3;(H2,1,2,3,4)/t12?,14-,15-,16-,18-,19-;/m0./s1. The molecule has 6 atom stereocenters. The van der Waals surface area contributed by atoms with Crippen molar-refractivity contribution in [3.63, 3.8) is 0 Å². The van der Waals surface area contributed by atoms with E-state index in [-0.39, 0.29) is 5.41 Å². The number of Topliss-reactive ketones (excluding diaryl/α,β-unsaturated/α-hetero) is 2. The third-order valence-corrected chi connectivity index (χ3v) is 8.19. The van der Waals surface area contributed by atoms with Crippen LogP contribution >= 0.6 is 0 Å². The summed E-state index contributed by atoms with van der Waals surface area (Å²) in [6.45, 7) is 4.72. The molecule has 6 nitrogen and oxygen atoms in total. The molecule has 1 unspecified atom stereocenters. The second-order valence-corrected chi connectivity index (χ2v) is 10.2. The Morgan fingerprint density at radius 2 is 1.58 bits per heavy atom. The lowest BCUT2D eigenvalue weighted by atomic mass is 9.45. The minimum atomic E-state index is -4.67. The fourth-order valence-corrected chi connectivity index (χ4v) is 6.82. The monoisotopic (exact) mass is 386 g/mol. The Morgan fingerprint density at radius 3 is 2.23 bits per heavy atom. The van der Waals surface area contributed by atoms with Crippen LogP contribution in [0.25, 0.3) is 0 Å².